The van der Waals surface area contributed by atoms with Gasteiger partial charge in [-0.3, -0.25) is 9.59 Å². The molecule has 1 aliphatic heterocycles. The Morgan fingerprint density at radius 2 is 2.20 bits per heavy atom. The van der Waals surface area contributed by atoms with Crippen LogP contribution in [0.3, 0.4) is 0 Å². The summed E-state index contributed by atoms with van der Waals surface area (Å²) in [6.07, 6.45) is 0.489. The second kappa shape index (κ2) is 6.96. The van der Waals surface area contributed by atoms with E-state index in [-0.39, 0.29) is 12.5 Å². The molecule has 7 nitrogen and oxygen atoms in total. The molecule has 132 valence electrons. The summed E-state index contributed by atoms with van der Waals surface area (Å²) in [6, 6.07) is 6.91. The van der Waals surface area contributed by atoms with Gasteiger partial charge in [0, 0.05) is 18.7 Å². The lowest BCUT2D eigenvalue weighted by Crippen LogP contribution is -2.29. The van der Waals surface area contributed by atoms with Crippen molar-refractivity contribution in [2.24, 2.45) is 5.92 Å². The first-order chi connectivity index (χ1) is 12.0. The maximum absolute atomic E-state index is 12.6. The van der Waals surface area contributed by atoms with Crippen LogP contribution in [0, 0.1) is 19.8 Å². The Morgan fingerprint density at radius 3 is 2.84 bits per heavy atom. The van der Waals surface area contributed by atoms with Crippen LogP contribution in [0.5, 0.6) is 5.75 Å². The molecule has 7 heteroatoms. The molecule has 1 aromatic heterocycles. The number of hydrogen-bond acceptors (Lipinski definition) is 5. The van der Waals surface area contributed by atoms with E-state index >= 15 is 0 Å². The Hall–Kier alpha value is -2.83. The number of likely N-dealkylation sites (tertiary alicyclic amines) is 1. The van der Waals surface area contributed by atoms with Gasteiger partial charge < -0.3 is 19.3 Å². The number of aliphatic carboxylic acids is 1. The zero-order chi connectivity index (χ0) is 18.0. The first kappa shape index (κ1) is 17.0. The lowest BCUT2D eigenvalue weighted by atomic mass is 10.1. The van der Waals surface area contributed by atoms with Gasteiger partial charge in [-0.25, -0.2) is 0 Å². The Morgan fingerprint density at radius 1 is 1.40 bits per heavy atom. The Labute approximate surface area is 145 Å². The summed E-state index contributed by atoms with van der Waals surface area (Å²) in [7, 11) is 0. The molecule has 0 spiro atoms. The van der Waals surface area contributed by atoms with Gasteiger partial charge in [-0.2, -0.15) is 0 Å². The highest BCUT2D eigenvalue weighted by Crippen LogP contribution is 2.22. The molecule has 1 aromatic carbocycles. The molecule has 3 rings (SSSR count). The summed E-state index contributed by atoms with van der Waals surface area (Å²) in [6.45, 7) is 4.69. The van der Waals surface area contributed by atoms with Crippen LogP contribution < -0.4 is 4.74 Å². The molecule has 0 bridgehead atoms. The minimum Gasteiger partial charge on any atom is -0.489 e. The first-order valence-electron chi connectivity index (χ1n) is 8.12. The van der Waals surface area contributed by atoms with Crippen LogP contribution in [0.25, 0.3) is 0 Å². The number of carbonyl (C=O) groups excluding carboxylic acids is 1. The van der Waals surface area contributed by atoms with E-state index in [0.29, 0.717) is 36.6 Å². The zero-order valence-corrected chi connectivity index (χ0v) is 14.2. The summed E-state index contributed by atoms with van der Waals surface area (Å²) in [4.78, 5) is 25.2. The van der Waals surface area contributed by atoms with Crippen molar-refractivity contribution >= 4 is 11.9 Å². The summed E-state index contributed by atoms with van der Waals surface area (Å²) in [5, 5.41) is 12.9. The predicted molar refractivity (Wildman–Crippen MR) is 88.4 cm³/mol. The molecular weight excluding hydrogens is 324 g/mol. The number of carboxylic acids is 1. The molecule has 2 aromatic rings. The monoisotopic (exact) mass is 344 g/mol. The summed E-state index contributed by atoms with van der Waals surface area (Å²) >= 11 is 0. The maximum atomic E-state index is 12.6. The topological polar surface area (TPSA) is 92.9 Å². The van der Waals surface area contributed by atoms with Gasteiger partial charge in [-0.05, 0) is 38.5 Å². The molecule has 2 heterocycles. The lowest BCUT2D eigenvalue weighted by molar-refractivity contribution is -0.141. The predicted octanol–water partition coefficient (Wildman–Crippen LogP) is 2.42. The van der Waals surface area contributed by atoms with E-state index in [4.69, 9.17) is 14.4 Å². The van der Waals surface area contributed by atoms with Gasteiger partial charge >= 0.3 is 5.97 Å². The number of aromatic nitrogens is 1. The minimum atomic E-state index is -0.855. The van der Waals surface area contributed by atoms with Crippen molar-refractivity contribution in [1.82, 2.24) is 10.1 Å². The number of nitrogens with zero attached hydrogens (tertiary/aromatic N) is 2. The van der Waals surface area contributed by atoms with Gasteiger partial charge in [0.25, 0.3) is 5.91 Å². The number of benzene rings is 1. The van der Waals surface area contributed by atoms with Crippen molar-refractivity contribution in [2.75, 3.05) is 13.1 Å². The third-order valence-electron chi connectivity index (χ3n) is 4.47. The number of aryl methyl sites for hydroxylation is 2. The number of carbonyl (C=O) groups is 2. The van der Waals surface area contributed by atoms with Gasteiger partial charge in [0.15, 0.2) is 0 Å². The fourth-order valence-electron chi connectivity index (χ4n) is 2.91. The van der Waals surface area contributed by atoms with Crippen molar-refractivity contribution < 1.29 is 24.0 Å². The number of ether oxygens (including phenoxy) is 1. The third-order valence-corrected chi connectivity index (χ3v) is 4.47. The van der Waals surface area contributed by atoms with Crippen molar-refractivity contribution in [3.63, 3.8) is 0 Å². The Bertz CT molecular complexity index is 779. The highest BCUT2D eigenvalue weighted by Gasteiger charge is 2.31. The summed E-state index contributed by atoms with van der Waals surface area (Å²) < 4.78 is 10.9. The average Bonchev–Trinajstić information content (AvgIpc) is 3.21. The minimum absolute atomic E-state index is 0.175. The van der Waals surface area contributed by atoms with E-state index in [2.05, 4.69) is 5.16 Å². The van der Waals surface area contributed by atoms with Crippen LogP contribution in [-0.4, -0.2) is 40.1 Å². The number of carboxylic acid groups (broad SMARTS) is 1. The highest BCUT2D eigenvalue weighted by molar-refractivity contribution is 5.95. The molecule has 0 aliphatic carbocycles. The standard InChI is InChI=1S/C18H20N2O5/c1-11-16(12(2)25-19-11)10-24-15-5-3-4-13(8-15)17(21)20-7-6-14(9-20)18(22)23/h3-5,8,14H,6-7,9-10H2,1-2H3,(H,22,23)/t14-/m1/s1. The van der Waals surface area contributed by atoms with E-state index in [0.717, 1.165) is 11.3 Å². The Kier molecular flexibility index (Phi) is 4.74. The molecular formula is C18H20N2O5. The lowest BCUT2D eigenvalue weighted by Gasteiger charge is -2.16. The van der Waals surface area contributed by atoms with E-state index in [1.165, 1.54) is 0 Å². The van der Waals surface area contributed by atoms with E-state index in [1.807, 2.05) is 13.8 Å². The van der Waals surface area contributed by atoms with Crippen molar-refractivity contribution in [2.45, 2.75) is 26.9 Å². The quantitative estimate of drug-likeness (QED) is 0.895. The third kappa shape index (κ3) is 3.65. The normalized spacial score (nSPS) is 16.9. The van der Waals surface area contributed by atoms with E-state index in [9.17, 15) is 9.59 Å². The molecule has 1 saturated heterocycles. The van der Waals surface area contributed by atoms with Gasteiger partial charge in [-0.1, -0.05) is 11.2 Å². The molecule has 0 saturated carbocycles. The van der Waals surface area contributed by atoms with E-state index < -0.39 is 11.9 Å². The van der Waals surface area contributed by atoms with Crippen LogP contribution in [0.15, 0.2) is 28.8 Å². The average molecular weight is 344 g/mol. The first-order valence-corrected chi connectivity index (χ1v) is 8.12. The van der Waals surface area contributed by atoms with Gasteiger partial charge in [0.05, 0.1) is 17.2 Å². The van der Waals surface area contributed by atoms with Crippen LogP contribution in [0.4, 0.5) is 0 Å². The molecule has 1 N–H and O–H groups in total. The number of hydrogen-bond donors (Lipinski definition) is 1. The smallest absolute Gasteiger partial charge is 0.308 e. The van der Waals surface area contributed by atoms with Crippen molar-refractivity contribution in [1.29, 1.82) is 0 Å². The van der Waals surface area contributed by atoms with Gasteiger partial charge in [0.2, 0.25) is 0 Å². The SMILES string of the molecule is Cc1noc(C)c1COc1cccc(C(=O)N2CC[C@@H](C(=O)O)C2)c1. The molecule has 0 radical (unpaired) electrons. The second-order valence-corrected chi connectivity index (χ2v) is 6.19. The van der Waals surface area contributed by atoms with Crippen LogP contribution in [0.2, 0.25) is 0 Å². The van der Waals surface area contributed by atoms with Crippen LogP contribution in [-0.2, 0) is 11.4 Å². The fraction of sp³-hybridized carbons (Fsp3) is 0.389. The molecule has 1 aliphatic rings. The molecule has 0 unspecified atom stereocenters. The van der Waals surface area contributed by atoms with Gasteiger partial charge in [0.1, 0.15) is 18.1 Å². The molecule has 1 fully saturated rings. The van der Waals surface area contributed by atoms with Gasteiger partial charge in [-0.15, -0.1) is 0 Å². The number of amides is 1. The van der Waals surface area contributed by atoms with E-state index in [1.54, 1.807) is 29.2 Å². The summed E-state index contributed by atoms with van der Waals surface area (Å²) in [5.74, 6) is -0.234. The van der Waals surface area contributed by atoms with Crippen molar-refractivity contribution in [3.8, 4) is 5.75 Å². The second-order valence-electron chi connectivity index (χ2n) is 6.19. The fourth-order valence-corrected chi connectivity index (χ4v) is 2.91. The highest BCUT2D eigenvalue weighted by atomic mass is 16.5. The largest absolute Gasteiger partial charge is 0.489 e. The summed E-state index contributed by atoms with van der Waals surface area (Å²) in [5.41, 5.74) is 2.16. The molecule has 1 atom stereocenters. The van der Waals surface area contributed by atoms with Crippen molar-refractivity contribution in [3.05, 3.63) is 46.8 Å². The van der Waals surface area contributed by atoms with Crippen LogP contribution in [0.1, 0.15) is 33.8 Å². The maximum Gasteiger partial charge on any atom is 0.308 e. The Balaban J connectivity index is 1.67. The number of rotatable bonds is 5. The molecule has 25 heavy (non-hydrogen) atoms. The van der Waals surface area contributed by atoms with Crippen LogP contribution >= 0.6 is 0 Å². The zero-order valence-electron chi connectivity index (χ0n) is 14.2. The molecule has 1 amide bonds.